The number of nitrogens with zero attached hydrogens (tertiary/aromatic N) is 1. The first-order valence-corrected chi connectivity index (χ1v) is 9.68. The number of benzene rings is 2. The van der Waals surface area contributed by atoms with Crippen molar-refractivity contribution in [2.45, 2.75) is 19.8 Å². The van der Waals surface area contributed by atoms with E-state index < -0.39 is 0 Å². The van der Waals surface area contributed by atoms with Crippen LogP contribution in [0.4, 0.5) is 11.4 Å². The summed E-state index contributed by atoms with van der Waals surface area (Å²) in [6.07, 6.45) is 1.42. The number of nitrogens with one attached hydrogen (secondary N) is 1. The van der Waals surface area contributed by atoms with Crippen molar-refractivity contribution in [1.82, 2.24) is 0 Å². The maximum absolute atomic E-state index is 12.8. The highest BCUT2D eigenvalue weighted by molar-refractivity contribution is 7.21. The molecule has 1 fully saturated rings. The Hall–Kier alpha value is -2.86. The van der Waals surface area contributed by atoms with Crippen LogP contribution in [0, 0.1) is 6.92 Å². The number of aryl methyl sites for hydroxylation is 1. The van der Waals surface area contributed by atoms with Crippen LogP contribution in [-0.4, -0.2) is 25.5 Å². The highest BCUT2D eigenvalue weighted by Gasteiger charge is 2.25. The van der Waals surface area contributed by atoms with E-state index in [-0.39, 0.29) is 11.8 Å². The van der Waals surface area contributed by atoms with Crippen molar-refractivity contribution in [1.29, 1.82) is 0 Å². The topological polar surface area (TPSA) is 58.6 Å². The van der Waals surface area contributed by atoms with Gasteiger partial charge in [-0.3, -0.25) is 9.59 Å². The average molecular weight is 380 g/mol. The minimum Gasteiger partial charge on any atom is -0.494 e. The maximum atomic E-state index is 12.8. The molecule has 0 atom stereocenters. The smallest absolute Gasteiger partial charge is 0.266 e. The molecule has 1 aliphatic heterocycles. The number of thiophene rings is 1. The number of anilines is 2. The van der Waals surface area contributed by atoms with Crippen molar-refractivity contribution in [2.24, 2.45) is 0 Å². The standard InChI is InChI=1S/C21H20N2O3S/c1-13-15-6-3-4-7-18(15)27-20(13)21(25)22-14-9-10-16(17(12-14)26-2)23-11-5-8-19(23)24/h3-4,6-7,9-10,12H,5,8,11H2,1-2H3,(H,22,25). The average Bonchev–Trinajstić information content (AvgIpc) is 3.25. The monoisotopic (exact) mass is 380 g/mol. The Morgan fingerprint density at radius 3 is 2.74 bits per heavy atom. The van der Waals surface area contributed by atoms with Crippen molar-refractivity contribution in [2.75, 3.05) is 23.9 Å². The van der Waals surface area contributed by atoms with Gasteiger partial charge in [-0.05, 0) is 42.5 Å². The summed E-state index contributed by atoms with van der Waals surface area (Å²) in [5.74, 6) is 0.544. The van der Waals surface area contributed by atoms with Gasteiger partial charge in [0.15, 0.2) is 0 Å². The number of rotatable bonds is 4. The zero-order chi connectivity index (χ0) is 19.0. The molecule has 6 heteroatoms. The molecule has 1 aromatic heterocycles. The molecule has 0 aliphatic carbocycles. The first-order chi connectivity index (χ1) is 13.1. The van der Waals surface area contributed by atoms with Gasteiger partial charge in [0.05, 0.1) is 17.7 Å². The van der Waals surface area contributed by atoms with Gasteiger partial charge >= 0.3 is 0 Å². The number of carbonyl (C=O) groups is 2. The van der Waals surface area contributed by atoms with Gasteiger partial charge < -0.3 is 15.0 Å². The molecule has 2 amide bonds. The Kier molecular flexibility index (Phi) is 4.58. The zero-order valence-electron chi connectivity index (χ0n) is 15.2. The molecule has 2 heterocycles. The largest absolute Gasteiger partial charge is 0.494 e. The number of hydrogen-bond acceptors (Lipinski definition) is 4. The SMILES string of the molecule is COc1cc(NC(=O)c2sc3ccccc3c2C)ccc1N1CCCC1=O. The van der Waals surface area contributed by atoms with Crippen LogP contribution in [0.1, 0.15) is 28.1 Å². The lowest BCUT2D eigenvalue weighted by Crippen LogP contribution is -2.24. The number of carbonyl (C=O) groups excluding carboxylic acids is 2. The lowest BCUT2D eigenvalue weighted by molar-refractivity contribution is -0.117. The van der Waals surface area contributed by atoms with Crippen molar-refractivity contribution in [3.63, 3.8) is 0 Å². The quantitative estimate of drug-likeness (QED) is 0.720. The van der Waals surface area contributed by atoms with Crippen LogP contribution in [0.5, 0.6) is 5.75 Å². The summed E-state index contributed by atoms with van der Waals surface area (Å²) in [4.78, 5) is 27.2. The van der Waals surface area contributed by atoms with Gasteiger partial charge in [0, 0.05) is 29.4 Å². The van der Waals surface area contributed by atoms with E-state index >= 15 is 0 Å². The van der Waals surface area contributed by atoms with Gasteiger partial charge in [-0.25, -0.2) is 0 Å². The summed E-state index contributed by atoms with van der Waals surface area (Å²) in [7, 11) is 1.57. The molecular weight excluding hydrogens is 360 g/mol. The number of ether oxygens (including phenoxy) is 1. The van der Waals surface area contributed by atoms with Crippen LogP contribution < -0.4 is 15.0 Å². The zero-order valence-corrected chi connectivity index (χ0v) is 16.1. The van der Waals surface area contributed by atoms with Crippen LogP contribution in [0.25, 0.3) is 10.1 Å². The first kappa shape index (κ1) is 17.5. The van der Waals surface area contributed by atoms with Crippen molar-refractivity contribution >= 4 is 44.6 Å². The molecule has 0 saturated carbocycles. The number of amides is 2. The van der Waals surface area contributed by atoms with E-state index in [2.05, 4.69) is 5.32 Å². The molecule has 0 spiro atoms. The van der Waals surface area contributed by atoms with Crippen LogP contribution in [0.2, 0.25) is 0 Å². The van der Waals surface area contributed by atoms with E-state index in [0.717, 1.165) is 27.8 Å². The summed E-state index contributed by atoms with van der Waals surface area (Å²) in [6.45, 7) is 2.66. The summed E-state index contributed by atoms with van der Waals surface area (Å²) in [5, 5.41) is 4.06. The molecule has 27 heavy (non-hydrogen) atoms. The van der Waals surface area contributed by atoms with Gasteiger partial charge in [0.1, 0.15) is 5.75 Å². The maximum Gasteiger partial charge on any atom is 0.266 e. The van der Waals surface area contributed by atoms with Gasteiger partial charge in [-0.2, -0.15) is 0 Å². The third-order valence-corrected chi connectivity index (χ3v) is 6.12. The van der Waals surface area contributed by atoms with Crippen molar-refractivity contribution < 1.29 is 14.3 Å². The Morgan fingerprint density at radius 1 is 1.22 bits per heavy atom. The van der Waals surface area contributed by atoms with Crippen LogP contribution in [0.3, 0.4) is 0 Å². The fourth-order valence-electron chi connectivity index (χ4n) is 3.46. The number of methoxy groups -OCH3 is 1. The Balaban J connectivity index is 1.61. The minimum absolute atomic E-state index is 0.103. The van der Waals surface area contributed by atoms with Gasteiger partial charge in [0.25, 0.3) is 5.91 Å². The molecule has 0 bridgehead atoms. The van der Waals surface area contributed by atoms with Gasteiger partial charge in [-0.15, -0.1) is 11.3 Å². The van der Waals surface area contributed by atoms with Crippen LogP contribution >= 0.6 is 11.3 Å². The van der Waals surface area contributed by atoms with E-state index in [1.54, 1.807) is 18.1 Å². The number of hydrogen-bond donors (Lipinski definition) is 1. The van der Waals surface area contributed by atoms with E-state index in [9.17, 15) is 9.59 Å². The fraction of sp³-hybridized carbons (Fsp3) is 0.238. The molecule has 5 nitrogen and oxygen atoms in total. The molecule has 1 aliphatic rings. The highest BCUT2D eigenvalue weighted by Crippen LogP contribution is 2.35. The van der Waals surface area contributed by atoms with Gasteiger partial charge in [-0.1, -0.05) is 18.2 Å². The first-order valence-electron chi connectivity index (χ1n) is 8.86. The molecule has 2 aromatic carbocycles. The van der Waals surface area contributed by atoms with E-state index in [4.69, 9.17) is 4.74 Å². The molecule has 3 aromatic rings. The molecule has 1 N–H and O–H groups in total. The fourth-order valence-corrected chi connectivity index (χ4v) is 4.56. The molecule has 4 rings (SSSR count). The molecule has 1 saturated heterocycles. The van der Waals surface area contributed by atoms with Crippen molar-refractivity contribution in [3.05, 3.63) is 52.9 Å². The predicted octanol–water partition coefficient (Wildman–Crippen LogP) is 4.60. The molecule has 0 unspecified atom stereocenters. The molecular formula is C21H20N2O3S. The summed E-state index contributed by atoms with van der Waals surface area (Å²) >= 11 is 1.49. The predicted molar refractivity (Wildman–Crippen MR) is 109 cm³/mol. The third kappa shape index (κ3) is 3.17. The minimum atomic E-state index is -0.138. The second kappa shape index (κ2) is 7.04. The van der Waals surface area contributed by atoms with Crippen LogP contribution in [-0.2, 0) is 4.79 Å². The van der Waals surface area contributed by atoms with Gasteiger partial charge in [0.2, 0.25) is 5.91 Å². The second-order valence-corrected chi connectivity index (χ2v) is 7.59. The molecule has 138 valence electrons. The lowest BCUT2D eigenvalue weighted by atomic mass is 10.1. The Morgan fingerprint density at radius 2 is 2.04 bits per heavy atom. The summed E-state index contributed by atoms with van der Waals surface area (Å²) < 4.78 is 6.56. The van der Waals surface area contributed by atoms with Crippen molar-refractivity contribution in [3.8, 4) is 5.75 Å². The summed E-state index contributed by atoms with van der Waals surface area (Å²) in [6, 6.07) is 13.4. The second-order valence-electron chi connectivity index (χ2n) is 6.54. The summed E-state index contributed by atoms with van der Waals surface area (Å²) in [5.41, 5.74) is 2.37. The van der Waals surface area contributed by atoms with E-state index in [1.807, 2.05) is 43.3 Å². The van der Waals surface area contributed by atoms with E-state index in [0.29, 0.717) is 29.3 Å². The lowest BCUT2D eigenvalue weighted by Gasteiger charge is -2.19. The normalized spacial score (nSPS) is 14.0. The highest BCUT2D eigenvalue weighted by atomic mass is 32.1. The number of fused-ring (bicyclic) bond motifs is 1. The van der Waals surface area contributed by atoms with E-state index in [1.165, 1.54) is 11.3 Å². The Bertz CT molecular complexity index is 1040. The third-order valence-electron chi connectivity index (χ3n) is 4.85. The molecule has 0 radical (unpaired) electrons. The Labute approximate surface area is 161 Å². The van der Waals surface area contributed by atoms with Crippen LogP contribution in [0.15, 0.2) is 42.5 Å².